The number of nitrogens with two attached hydrogens (primary N) is 2. The number of hydrogen-bond donors (Lipinski definition) is 3. The van der Waals surface area contributed by atoms with Crippen molar-refractivity contribution in [1.29, 1.82) is 0 Å². The summed E-state index contributed by atoms with van der Waals surface area (Å²) in [7, 11) is 0. The lowest BCUT2D eigenvalue weighted by molar-refractivity contribution is -0.118. The molecule has 17 heavy (non-hydrogen) atoms. The number of carbonyl (C=O) groups excluding carboxylic acids is 1. The van der Waals surface area contributed by atoms with Crippen LogP contribution < -0.4 is 21.9 Å². The van der Waals surface area contributed by atoms with Crippen LogP contribution in [0.1, 0.15) is 12.5 Å². The lowest BCUT2D eigenvalue weighted by Crippen LogP contribution is -2.46. The molecule has 2 rings (SSSR count). The zero-order chi connectivity index (χ0) is 12.4. The fourth-order valence-corrected chi connectivity index (χ4v) is 2.88. The van der Waals surface area contributed by atoms with Gasteiger partial charge in [0.25, 0.3) is 0 Å². The molecule has 1 heterocycles. The van der Waals surface area contributed by atoms with Crippen LogP contribution in [0.5, 0.6) is 0 Å². The zero-order valence-electron chi connectivity index (χ0n) is 9.64. The summed E-state index contributed by atoms with van der Waals surface area (Å²) >= 11 is 1.57. The van der Waals surface area contributed by atoms with Crippen molar-refractivity contribution in [3.63, 3.8) is 0 Å². The minimum absolute atomic E-state index is 0.0645. The Balaban J connectivity index is 2.43. The van der Waals surface area contributed by atoms with Gasteiger partial charge < -0.3 is 5.73 Å². The minimum atomic E-state index is -0.0837. The van der Waals surface area contributed by atoms with Crippen LogP contribution in [0.2, 0.25) is 0 Å². The molecule has 1 aromatic carbocycles. The molecule has 0 spiro atoms. The number of carbonyl (C=O) groups is 1. The molecular formula is C11H16N4OS. The lowest BCUT2D eigenvalue weighted by Gasteiger charge is -2.32. The van der Waals surface area contributed by atoms with Crippen LogP contribution in [0.3, 0.4) is 0 Å². The molecule has 0 saturated carbocycles. The summed E-state index contributed by atoms with van der Waals surface area (Å²) in [5.41, 5.74) is 10.0. The standard InChI is InChI=1S/C11H16N4OS/c1-7-11(16)15(6-14-13)9-4-8(5-12)2-3-10(9)17-7/h2-4,7,14H,5-6,12-13H2,1H3. The Morgan fingerprint density at radius 3 is 2.94 bits per heavy atom. The van der Waals surface area contributed by atoms with E-state index in [1.54, 1.807) is 16.7 Å². The van der Waals surface area contributed by atoms with E-state index in [-0.39, 0.29) is 11.2 Å². The van der Waals surface area contributed by atoms with Crippen LogP contribution in [0, 0.1) is 0 Å². The average molecular weight is 252 g/mol. The van der Waals surface area contributed by atoms with E-state index in [0.29, 0.717) is 13.2 Å². The maximum Gasteiger partial charge on any atom is 0.241 e. The predicted molar refractivity (Wildman–Crippen MR) is 69.3 cm³/mol. The number of rotatable bonds is 3. The summed E-state index contributed by atoms with van der Waals surface area (Å²) < 4.78 is 0. The zero-order valence-corrected chi connectivity index (χ0v) is 10.5. The second-order valence-corrected chi connectivity index (χ2v) is 5.28. The highest BCUT2D eigenvalue weighted by molar-refractivity contribution is 8.00. The average Bonchev–Trinajstić information content (AvgIpc) is 2.34. The van der Waals surface area contributed by atoms with Crippen molar-refractivity contribution in [2.45, 2.75) is 23.6 Å². The number of thioether (sulfide) groups is 1. The Morgan fingerprint density at radius 1 is 1.53 bits per heavy atom. The van der Waals surface area contributed by atoms with E-state index in [0.717, 1.165) is 16.1 Å². The molecule has 0 aliphatic carbocycles. The number of nitrogens with one attached hydrogen (secondary N) is 1. The summed E-state index contributed by atoms with van der Waals surface area (Å²) in [5.74, 6) is 5.38. The summed E-state index contributed by atoms with van der Waals surface area (Å²) in [5, 5.41) is -0.0837. The van der Waals surface area contributed by atoms with Gasteiger partial charge >= 0.3 is 0 Å². The van der Waals surface area contributed by atoms with Crippen LogP contribution in [-0.2, 0) is 11.3 Å². The first-order chi connectivity index (χ1) is 8.17. The monoisotopic (exact) mass is 252 g/mol. The highest BCUT2D eigenvalue weighted by Gasteiger charge is 2.30. The molecule has 5 N–H and O–H groups in total. The highest BCUT2D eigenvalue weighted by atomic mass is 32.2. The second kappa shape index (κ2) is 5.05. The quantitative estimate of drug-likeness (QED) is 0.535. The number of nitrogens with zero attached hydrogens (tertiary/aromatic N) is 1. The molecule has 1 aliphatic rings. The molecule has 0 aromatic heterocycles. The molecular weight excluding hydrogens is 236 g/mol. The fraction of sp³-hybridized carbons (Fsp3) is 0.364. The normalized spacial score (nSPS) is 19.4. The molecule has 0 bridgehead atoms. The van der Waals surface area contributed by atoms with Crippen molar-refractivity contribution in [3.05, 3.63) is 23.8 Å². The summed E-state index contributed by atoms with van der Waals surface area (Å²) in [6, 6.07) is 5.94. The molecule has 1 amide bonds. The topological polar surface area (TPSA) is 84.4 Å². The van der Waals surface area contributed by atoms with Gasteiger partial charge in [-0.25, -0.2) is 5.43 Å². The SMILES string of the molecule is CC1Sc2ccc(CN)cc2N(CNN)C1=O. The van der Waals surface area contributed by atoms with E-state index in [2.05, 4.69) is 5.43 Å². The van der Waals surface area contributed by atoms with Crippen molar-refractivity contribution < 1.29 is 4.79 Å². The van der Waals surface area contributed by atoms with Crippen LogP contribution in [-0.4, -0.2) is 17.8 Å². The van der Waals surface area contributed by atoms with Crippen molar-refractivity contribution in [2.24, 2.45) is 11.6 Å². The van der Waals surface area contributed by atoms with E-state index < -0.39 is 0 Å². The number of hydrogen-bond acceptors (Lipinski definition) is 5. The Hall–Kier alpha value is -1.08. The van der Waals surface area contributed by atoms with Gasteiger partial charge in [0.1, 0.15) is 0 Å². The van der Waals surface area contributed by atoms with Crippen LogP contribution in [0.25, 0.3) is 0 Å². The Bertz CT molecular complexity index is 437. The molecule has 0 radical (unpaired) electrons. The van der Waals surface area contributed by atoms with Gasteiger partial charge in [-0.2, -0.15) is 0 Å². The van der Waals surface area contributed by atoms with Crippen molar-refractivity contribution in [2.75, 3.05) is 11.6 Å². The van der Waals surface area contributed by atoms with Crippen molar-refractivity contribution in [1.82, 2.24) is 5.43 Å². The molecule has 1 unspecified atom stereocenters. The van der Waals surface area contributed by atoms with Gasteiger partial charge in [0.15, 0.2) is 0 Å². The maximum absolute atomic E-state index is 12.1. The maximum atomic E-state index is 12.1. The highest BCUT2D eigenvalue weighted by Crippen LogP contribution is 2.39. The molecule has 0 saturated heterocycles. The van der Waals surface area contributed by atoms with E-state index in [1.165, 1.54) is 0 Å². The van der Waals surface area contributed by atoms with Crippen molar-refractivity contribution in [3.8, 4) is 0 Å². The fourth-order valence-electron chi connectivity index (χ4n) is 1.83. The number of hydrazine groups is 1. The first kappa shape index (κ1) is 12.4. The summed E-state index contributed by atoms with van der Waals surface area (Å²) in [6.45, 7) is 2.67. The molecule has 1 atom stereocenters. The second-order valence-electron chi connectivity index (χ2n) is 3.89. The number of fused-ring (bicyclic) bond motifs is 1. The van der Waals surface area contributed by atoms with Gasteiger partial charge in [0.2, 0.25) is 5.91 Å². The van der Waals surface area contributed by atoms with E-state index in [9.17, 15) is 4.79 Å². The van der Waals surface area contributed by atoms with Crippen LogP contribution >= 0.6 is 11.8 Å². The smallest absolute Gasteiger partial charge is 0.241 e. The van der Waals surface area contributed by atoms with E-state index in [1.807, 2.05) is 25.1 Å². The Labute approximate surface area is 104 Å². The van der Waals surface area contributed by atoms with Crippen LogP contribution in [0.15, 0.2) is 23.1 Å². The first-order valence-electron chi connectivity index (χ1n) is 5.42. The minimum Gasteiger partial charge on any atom is -0.326 e. The summed E-state index contributed by atoms with van der Waals surface area (Å²) in [4.78, 5) is 14.8. The molecule has 6 heteroatoms. The molecule has 0 fully saturated rings. The van der Waals surface area contributed by atoms with Crippen LogP contribution in [0.4, 0.5) is 5.69 Å². The molecule has 1 aliphatic heterocycles. The first-order valence-corrected chi connectivity index (χ1v) is 6.30. The molecule has 1 aromatic rings. The molecule has 5 nitrogen and oxygen atoms in total. The van der Waals surface area contributed by atoms with Crippen molar-refractivity contribution >= 4 is 23.4 Å². The van der Waals surface area contributed by atoms with Gasteiger partial charge in [-0.05, 0) is 24.6 Å². The van der Waals surface area contributed by atoms with Gasteiger partial charge in [-0.15, -0.1) is 11.8 Å². The number of benzene rings is 1. The Kier molecular flexibility index (Phi) is 3.68. The third-order valence-electron chi connectivity index (χ3n) is 2.72. The largest absolute Gasteiger partial charge is 0.326 e. The van der Waals surface area contributed by atoms with E-state index in [4.69, 9.17) is 11.6 Å². The molecule has 92 valence electrons. The third-order valence-corrected chi connectivity index (χ3v) is 3.87. The van der Waals surface area contributed by atoms with Gasteiger partial charge in [0, 0.05) is 11.4 Å². The summed E-state index contributed by atoms with van der Waals surface area (Å²) in [6.07, 6.45) is 0. The number of anilines is 1. The van der Waals surface area contributed by atoms with E-state index >= 15 is 0 Å². The predicted octanol–water partition coefficient (Wildman–Crippen LogP) is 0.393. The van der Waals surface area contributed by atoms with Gasteiger partial charge in [0.05, 0.1) is 17.6 Å². The van der Waals surface area contributed by atoms with Gasteiger partial charge in [-0.1, -0.05) is 6.07 Å². The Morgan fingerprint density at radius 2 is 2.29 bits per heavy atom. The lowest BCUT2D eigenvalue weighted by atomic mass is 10.1. The van der Waals surface area contributed by atoms with Gasteiger partial charge in [-0.3, -0.25) is 15.5 Å². The number of amides is 1. The third kappa shape index (κ3) is 2.30.